The van der Waals surface area contributed by atoms with Crippen LogP contribution < -0.4 is 0 Å². The Hall–Kier alpha value is -0.840. The zero-order valence-electron chi connectivity index (χ0n) is 4.91. The van der Waals surface area contributed by atoms with Crippen LogP contribution in [0, 0.1) is 10.1 Å². The highest BCUT2D eigenvalue weighted by molar-refractivity contribution is 9.11. The number of hydrogen-bond donors (Lipinski definition) is 0. The van der Waals surface area contributed by atoms with Gasteiger partial charge >= 0.3 is 0 Å². The second-order valence-electron chi connectivity index (χ2n) is 1.66. The Morgan fingerprint density at radius 2 is 2.50 bits per heavy atom. The van der Waals surface area contributed by atoms with Crippen LogP contribution in [0.2, 0.25) is 0 Å². The Balaban J connectivity index is 2.90. The summed E-state index contributed by atoms with van der Waals surface area (Å²) in [5, 5.41) is 10.2. The molecule has 1 aliphatic rings. The smallest absolute Gasteiger partial charge is 0.285 e. The zero-order valence-corrected chi connectivity index (χ0v) is 6.50. The van der Waals surface area contributed by atoms with Crippen LogP contribution in [-0.4, -0.2) is 11.5 Å². The number of hydrogen-bond acceptors (Lipinski definition) is 3. The second-order valence-corrected chi connectivity index (χ2v) is 2.62. The predicted molar refractivity (Wildman–Crippen MR) is 38.0 cm³/mol. The van der Waals surface area contributed by atoms with E-state index in [1.165, 1.54) is 12.3 Å². The van der Waals surface area contributed by atoms with Gasteiger partial charge < -0.3 is 4.74 Å². The molecule has 1 rings (SSSR count). The Morgan fingerprint density at radius 1 is 1.80 bits per heavy atom. The van der Waals surface area contributed by atoms with E-state index >= 15 is 0 Å². The third-order valence-corrected chi connectivity index (χ3v) is 1.64. The summed E-state index contributed by atoms with van der Waals surface area (Å²) in [7, 11) is 0. The third kappa shape index (κ3) is 1.36. The van der Waals surface area contributed by atoms with Crippen molar-refractivity contribution >= 4 is 15.9 Å². The highest BCUT2D eigenvalue weighted by Gasteiger charge is 2.16. The number of ether oxygens (including phenoxy) is 1. The molecule has 1 heterocycles. The van der Waals surface area contributed by atoms with E-state index in [-0.39, 0.29) is 12.3 Å². The van der Waals surface area contributed by atoms with E-state index in [0.29, 0.717) is 4.48 Å². The maximum absolute atomic E-state index is 10.2. The monoisotopic (exact) mass is 205 g/mol. The molecule has 1 aliphatic heterocycles. The fraction of sp³-hybridized carbons (Fsp3) is 0.200. The van der Waals surface area contributed by atoms with Crippen molar-refractivity contribution < 1.29 is 9.66 Å². The molecule has 0 amide bonds. The van der Waals surface area contributed by atoms with E-state index in [1.54, 1.807) is 0 Å². The summed E-state index contributed by atoms with van der Waals surface area (Å²) in [6.07, 6.45) is 2.62. The molecule has 0 saturated heterocycles. The van der Waals surface area contributed by atoms with Crippen molar-refractivity contribution in [3.05, 3.63) is 32.6 Å². The molecule has 0 fully saturated rings. The Kier molecular flexibility index (Phi) is 2.06. The van der Waals surface area contributed by atoms with Crippen molar-refractivity contribution in [2.75, 3.05) is 6.61 Å². The molecule has 54 valence electrons. The quantitative estimate of drug-likeness (QED) is 0.481. The number of nitro groups is 1. The molecule has 0 bridgehead atoms. The van der Waals surface area contributed by atoms with Gasteiger partial charge in [-0.15, -0.1) is 0 Å². The minimum absolute atomic E-state index is 0.0613. The number of halogens is 1. The van der Waals surface area contributed by atoms with Gasteiger partial charge in [-0.3, -0.25) is 10.1 Å². The van der Waals surface area contributed by atoms with E-state index < -0.39 is 4.92 Å². The fourth-order valence-electron chi connectivity index (χ4n) is 0.558. The molecule has 0 aromatic heterocycles. The molecule has 0 atom stereocenters. The van der Waals surface area contributed by atoms with Crippen LogP contribution in [0.25, 0.3) is 0 Å². The van der Waals surface area contributed by atoms with E-state index in [9.17, 15) is 10.1 Å². The molecule has 0 saturated carbocycles. The van der Waals surface area contributed by atoms with Gasteiger partial charge in [0.1, 0.15) is 11.1 Å². The van der Waals surface area contributed by atoms with Gasteiger partial charge in [-0.25, -0.2) is 0 Å². The van der Waals surface area contributed by atoms with Crippen molar-refractivity contribution in [1.82, 2.24) is 0 Å². The number of rotatable bonds is 1. The largest absolute Gasteiger partial charge is 0.495 e. The molecule has 0 unspecified atom stereocenters. The van der Waals surface area contributed by atoms with Crippen LogP contribution in [0.3, 0.4) is 0 Å². The summed E-state index contributed by atoms with van der Waals surface area (Å²) in [6, 6.07) is 0. The van der Waals surface area contributed by atoms with Crippen LogP contribution in [0.1, 0.15) is 0 Å². The summed E-state index contributed by atoms with van der Waals surface area (Å²) < 4.78 is 5.24. The van der Waals surface area contributed by atoms with Crippen LogP contribution >= 0.6 is 15.9 Å². The average Bonchev–Trinajstić information content (AvgIpc) is 1.88. The number of allylic oxidation sites excluding steroid dienone is 1. The van der Waals surface area contributed by atoms with Gasteiger partial charge in [0.2, 0.25) is 0 Å². The van der Waals surface area contributed by atoms with Gasteiger partial charge in [-0.1, -0.05) is 0 Å². The molecule has 0 spiro atoms. The summed E-state index contributed by atoms with van der Waals surface area (Å²) >= 11 is 3.02. The second kappa shape index (κ2) is 2.83. The lowest BCUT2D eigenvalue weighted by Gasteiger charge is -2.04. The normalized spacial score (nSPS) is 16.9. The molecule has 0 aliphatic carbocycles. The highest BCUT2D eigenvalue weighted by Crippen LogP contribution is 2.17. The maximum atomic E-state index is 10.2. The number of nitrogens with zero attached hydrogens (tertiary/aromatic N) is 1. The molecule has 0 radical (unpaired) electrons. The van der Waals surface area contributed by atoms with Crippen molar-refractivity contribution in [3.8, 4) is 0 Å². The van der Waals surface area contributed by atoms with E-state index in [2.05, 4.69) is 15.9 Å². The van der Waals surface area contributed by atoms with Crippen LogP contribution in [0.15, 0.2) is 22.5 Å². The summed E-state index contributed by atoms with van der Waals surface area (Å²) in [6.45, 7) is 0.243. The topological polar surface area (TPSA) is 52.4 Å². The fourth-order valence-corrected chi connectivity index (χ4v) is 0.967. The van der Waals surface area contributed by atoms with Crippen molar-refractivity contribution in [2.24, 2.45) is 0 Å². The van der Waals surface area contributed by atoms with Crippen molar-refractivity contribution in [1.29, 1.82) is 0 Å². The maximum Gasteiger partial charge on any atom is 0.285 e. The van der Waals surface area contributed by atoms with E-state index in [0.717, 1.165) is 0 Å². The Labute approximate surface area is 65.4 Å². The first-order valence-corrected chi connectivity index (χ1v) is 3.32. The van der Waals surface area contributed by atoms with Gasteiger partial charge in [-0.2, -0.15) is 0 Å². The third-order valence-electron chi connectivity index (χ3n) is 1.01. The summed E-state index contributed by atoms with van der Waals surface area (Å²) in [5.74, 6) is 0. The Bertz CT molecular complexity index is 221. The summed E-state index contributed by atoms with van der Waals surface area (Å²) in [5.41, 5.74) is 0.0613. The molecule has 5 heteroatoms. The van der Waals surface area contributed by atoms with Crippen molar-refractivity contribution in [2.45, 2.75) is 0 Å². The van der Waals surface area contributed by atoms with Gasteiger partial charge in [0, 0.05) is 0 Å². The van der Waals surface area contributed by atoms with Gasteiger partial charge in [0.25, 0.3) is 5.70 Å². The van der Waals surface area contributed by atoms with Crippen LogP contribution in [0.4, 0.5) is 0 Å². The first-order chi connectivity index (χ1) is 4.72. The highest BCUT2D eigenvalue weighted by atomic mass is 79.9. The molecular weight excluding hydrogens is 202 g/mol. The first-order valence-electron chi connectivity index (χ1n) is 2.53. The lowest BCUT2D eigenvalue weighted by Crippen LogP contribution is -2.04. The van der Waals surface area contributed by atoms with Crippen molar-refractivity contribution in [3.63, 3.8) is 0 Å². The molecule has 4 nitrogen and oxygen atoms in total. The minimum atomic E-state index is -0.455. The lowest BCUT2D eigenvalue weighted by molar-refractivity contribution is -0.420. The molecule has 10 heavy (non-hydrogen) atoms. The lowest BCUT2D eigenvalue weighted by atomic mass is 10.4. The SMILES string of the molecule is O=[N+]([O-])C1=C(Br)COC=C1. The zero-order chi connectivity index (χ0) is 7.56. The van der Waals surface area contributed by atoms with Gasteiger partial charge in [0.15, 0.2) is 0 Å². The van der Waals surface area contributed by atoms with Gasteiger partial charge in [0.05, 0.1) is 17.3 Å². The standard InChI is InChI=1S/C5H4BrNO3/c6-4-3-10-2-1-5(4)7(8)9/h1-2H,3H2. The average molecular weight is 206 g/mol. The predicted octanol–water partition coefficient (Wildman–Crippen LogP) is 1.41. The van der Waals surface area contributed by atoms with Crippen LogP contribution in [-0.2, 0) is 4.74 Å². The molecule has 0 N–H and O–H groups in total. The molecular formula is C5H4BrNO3. The van der Waals surface area contributed by atoms with E-state index in [4.69, 9.17) is 4.74 Å². The van der Waals surface area contributed by atoms with Gasteiger partial charge in [-0.05, 0) is 15.9 Å². The molecule has 0 aromatic rings. The minimum Gasteiger partial charge on any atom is -0.495 e. The van der Waals surface area contributed by atoms with E-state index in [1.807, 2.05) is 0 Å². The first kappa shape index (κ1) is 7.27. The van der Waals surface area contributed by atoms with Crippen LogP contribution in [0.5, 0.6) is 0 Å². The summed E-state index contributed by atoms with van der Waals surface area (Å²) in [4.78, 5) is 9.72. The molecule has 0 aromatic carbocycles. The Morgan fingerprint density at radius 3 is 2.90 bits per heavy atom.